The lowest BCUT2D eigenvalue weighted by molar-refractivity contribution is -0.134. The molecule has 31 heavy (non-hydrogen) atoms. The zero-order valence-electron chi connectivity index (χ0n) is 18.3. The van der Waals surface area contributed by atoms with Crippen LogP contribution in [0.5, 0.6) is 17.2 Å². The summed E-state index contributed by atoms with van der Waals surface area (Å²) in [6, 6.07) is 13.2. The summed E-state index contributed by atoms with van der Waals surface area (Å²) in [7, 11) is 4.71. The second-order valence-corrected chi connectivity index (χ2v) is 7.50. The maximum Gasteiger partial charge on any atom is 0.227 e. The average Bonchev–Trinajstić information content (AvgIpc) is 2.82. The lowest BCUT2D eigenvalue weighted by atomic mass is 9.95. The minimum Gasteiger partial charge on any atom is -0.493 e. The number of likely N-dealkylation sites (tertiary alicyclic amines) is 1. The molecule has 0 atom stereocenters. The molecule has 1 saturated heterocycles. The van der Waals surface area contributed by atoms with Gasteiger partial charge in [-0.15, -0.1) is 0 Å². The third-order valence-corrected chi connectivity index (χ3v) is 5.65. The van der Waals surface area contributed by atoms with E-state index in [2.05, 4.69) is 5.32 Å². The van der Waals surface area contributed by atoms with E-state index in [1.807, 2.05) is 47.4 Å². The molecule has 3 rings (SSSR count). The van der Waals surface area contributed by atoms with Crippen molar-refractivity contribution in [2.45, 2.75) is 25.7 Å². The number of methoxy groups -OCH3 is 3. The minimum absolute atomic E-state index is 0.0216. The Labute approximate surface area is 183 Å². The molecule has 1 heterocycles. The first-order valence-corrected chi connectivity index (χ1v) is 10.5. The van der Waals surface area contributed by atoms with Crippen LogP contribution in [-0.2, 0) is 16.0 Å². The highest BCUT2D eigenvalue weighted by Crippen LogP contribution is 2.40. The lowest BCUT2D eigenvalue weighted by Gasteiger charge is -2.31. The van der Waals surface area contributed by atoms with E-state index in [0.717, 1.165) is 11.3 Å². The number of ether oxygens (including phenoxy) is 3. The topological polar surface area (TPSA) is 77.1 Å². The van der Waals surface area contributed by atoms with E-state index < -0.39 is 0 Å². The molecule has 7 heteroatoms. The molecule has 0 radical (unpaired) electrons. The van der Waals surface area contributed by atoms with Crippen molar-refractivity contribution in [3.8, 4) is 17.2 Å². The van der Waals surface area contributed by atoms with E-state index in [9.17, 15) is 9.59 Å². The molecule has 2 aromatic carbocycles. The second kappa shape index (κ2) is 10.7. The fourth-order valence-corrected chi connectivity index (χ4v) is 3.92. The Bertz CT molecular complexity index is 892. The monoisotopic (exact) mass is 426 g/mol. The molecule has 1 aliphatic rings. The van der Waals surface area contributed by atoms with Crippen LogP contribution in [0.1, 0.15) is 24.8 Å². The first kappa shape index (κ1) is 22.5. The second-order valence-electron chi connectivity index (χ2n) is 7.50. The number of carbonyl (C=O) groups is 2. The molecule has 2 aromatic rings. The van der Waals surface area contributed by atoms with E-state index in [0.29, 0.717) is 56.0 Å². The number of anilines is 1. The van der Waals surface area contributed by atoms with Crippen molar-refractivity contribution in [1.29, 1.82) is 0 Å². The quantitative estimate of drug-likeness (QED) is 0.699. The number of hydrogen-bond donors (Lipinski definition) is 1. The normalized spacial score (nSPS) is 14.1. The highest BCUT2D eigenvalue weighted by molar-refractivity contribution is 5.92. The number of piperidine rings is 1. The van der Waals surface area contributed by atoms with Gasteiger partial charge in [0.05, 0.1) is 21.3 Å². The van der Waals surface area contributed by atoms with Crippen LogP contribution in [0.3, 0.4) is 0 Å². The summed E-state index contributed by atoms with van der Waals surface area (Å²) in [6.45, 7) is 1.18. The fourth-order valence-electron chi connectivity index (χ4n) is 3.92. The average molecular weight is 427 g/mol. The number of hydrogen-bond acceptors (Lipinski definition) is 5. The van der Waals surface area contributed by atoms with Crippen LogP contribution < -0.4 is 19.5 Å². The molecule has 0 aromatic heterocycles. The van der Waals surface area contributed by atoms with Crippen molar-refractivity contribution in [3.63, 3.8) is 0 Å². The van der Waals surface area contributed by atoms with E-state index in [-0.39, 0.29) is 17.7 Å². The van der Waals surface area contributed by atoms with Gasteiger partial charge in [-0.05, 0) is 43.0 Å². The van der Waals surface area contributed by atoms with Crippen molar-refractivity contribution in [2.24, 2.45) is 5.92 Å². The fraction of sp³-hybridized carbons (Fsp3) is 0.417. The van der Waals surface area contributed by atoms with Gasteiger partial charge < -0.3 is 24.4 Å². The summed E-state index contributed by atoms with van der Waals surface area (Å²) < 4.78 is 16.2. The highest BCUT2D eigenvalue weighted by Gasteiger charge is 2.27. The number of rotatable bonds is 8. The third-order valence-electron chi connectivity index (χ3n) is 5.65. The molecule has 1 fully saturated rings. The van der Waals surface area contributed by atoms with Crippen molar-refractivity contribution in [3.05, 3.63) is 48.0 Å². The Morgan fingerprint density at radius 1 is 0.935 bits per heavy atom. The predicted molar refractivity (Wildman–Crippen MR) is 119 cm³/mol. The van der Waals surface area contributed by atoms with Crippen LogP contribution in [0.25, 0.3) is 0 Å². The molecule has 0 saturated carbocycles. The van der Waals surface area contributed by atoms with Crippen LogP contribution in [0.2, 0.25) is 0 Å². The molecule has 1 aliphatic heterocycles. The van der Waals surface area contributed by atoms with Gasteiger partial charge in [-0.3, -0.25) is 9.59 Å². The van der Waals surface area contributed by atoms with Crippen LogP contribution in [-0.4, -0.2) is 51.1 Å². The Morgan fingerprint density at radius 3 is 2.23 bits per heavy atom. The zero-order valence-corrected chi connectivity index (χ0v) is 18.3. The maximum atomic E-state index is 12.7. The summed E-state index contributed by atoms with van der Waals surface area (Å²) in [4.78, 5) is 27.1. The molecule has 166 valence electrons. The Hall–Kier alpha value is -3.22. The summed E-state index contributed by atoms with van der Waals surface area (Å²) in [5.74, 6) is 1.73. The summed E-state index contributed by atoms with van der Waals surface area (Å²) >= 11 is 0. The number of nitrogens with zero attached hydrogens (tertiary/aromatic N) is 1. The van der Waals surface area contributed by atoms with Crippen LogP contribution >= 0.6 is 0 Å². The van der Waals surface area contributed by atoms with Gasteiger partial charge >= 0.3 is 0 Å². The van der Waals surface area contributed by atoms with Gasteiger partial charge in [0.2, 0.25) is 17.6 Å². The van der Waals surface area contributed by atoms with Crippen molar-refractivity contribution < 1.29 is 23.8 Å². The van der Waals surface area contributed by atoms with Gasteiger partial charge in [-0.2, -0.15) is 0 Å². The van der Waals surface area contributed by atoms with Gasteiger partial charge in [-0.25, -0.2) is 0 Å². The molecular weight excluding hydrogens is 396 g/mol. The molecule has 0 bridgehead atoms. The number of benzene rings is 2. The Balaban J connectivity index is 1.52. The number of carbonyl (C=O) groups excluding carboxylic acids is 2. The molecule has 0 aliphatic carbocycles. The molecular formula is C24H30N2O5. The number of nitrogens with one attached hydrogen (secondary N) is 1. The summed E-state index contributed by atoms with van der Waals surface area (Å²) in [5, 5.41) is 2.96. The smallest absolute Gasteiger partial charge is 0.227 e. The largest absolute Gasteiger partial charge is 0.493 e. The van der Waals surface area contributed by atoms with Gasteiger partial charge in [0.1, 0.15) is 0 Å². The first-order chi connectivity index (χ1) is 15.1. The number of para-hydroxylation sites is 1. The van der Waals surface area contributed by atoms with Crippen molar-refractivity contribution >= 4 is 17.5 Å². The van der Waals surface area contributed by atoms with E-state index in [1.54, 1.807) is 21.3 Å². The van der Waals surface area contributed by atoms with Gasteiger partial charge in [0.25, 0.3) is 0 Å². The first-order valence-electron chi connectivity index (χ1n) is 10.5. The Morgan fingerprint density at radius 2 is 1.61 bits per heavy atom. The Kier molecular flexibility index (Phi) is 7.76. The number of aryl methyl sites for hydroxylation is 1. The molecule has 0 spiro atoms. The van der Waals surface area contributed by atoms with Crippen LogP contribution in [0.15, 0.2) is 42.5 Å². The summed E-state index contributed by atoms with van der Waals surface area (Å²) in [6.07, 6.45) is 2.25. The SMILES string of the molecule is COc1ccc(CCC(=O)N2CCC(C(=O)Nc3ccccc3)CC2)c(OC)c1OC. The van der Waals surface area contributed by atoms with E-state index >= 15 is 0 Å². The van der Waals surface area contributed by atoms with Gasteiger partial charge in [-0.1, -0.05) is 24.3 Å². The number of amides is 2. The predicted octanol–water partition coefficient (Wildman–Crippen LogP) is 3.52. The molecule has 2 amide bonds. The molecule has 1 N–H and O–H groups in total. The molecule has 7 nitrogen and oxygen atoms in total. The van der Waals surface area contributed by atoms with E-state index in [4.69, 9.17) is 14.2 Å². The standard InChI is InChI=1S/C24H30N2O5/c1-29-20-11-9-17(22(30-2)23(20)31-3)10-12-21(27)26-15-13-18(14-16-26)24(28)25-19-7-5-4-6-8-19/h4-9,11,18H,10,12-16H2,1-3H3,(H,25,28). The third kappa shape index (κ3) is 5.48. The molecule has 0 unspecified atom stereocenters. The lowest BCUT2D eigenvalue weighted by Crippen LogP contribution is -2.41. The summed E-state index contributed by atoms with van der Waals surface area (Å²) in [5.41, 5.74) is 1.69. The van der Waals surface area contributed by atoms with Crippen LogP contribution in [0, 0.1) is 5.92 Å². The van der Waals surface area contributed by atoms with Gasteiger partial charge in [0, 0.05) is 31.1 Å². The van der Waals surface area contributed by atoms with E-state index in [1.165, 1.54) is 0 Å². The maximum absolute atomic E-state index is 12.7. The highest BCUT2D eigenvalue weighted by atomic mass is 16.5. The minimum atomic E-state index is -0.0739. The van der Waals surface area contributed by atoms with Crippen molar-refractivity contribution in [2.75, 3.05) is 39.7 Å². The van der Waals surface area contributed by atoms with Crippen molar-refractivity contribution in [1.82, 2.24) is 4.90 Å². The zero-order chi connectivity index (χ0) is 22.2. The van der Waals surface area contributed by atoms with Gasteiger partial charge in [0.15, 0.2) is 11.5 Å². The van der Waals surface area contributed by atoms with Crippen LogP contribution in [0.4, 0.5) is 5.69 Å².